The van der Waals surface area contributed by atoms with Gasteiger partial charge in [-0.05, 0) is 104 Å². The molecule has 0 radical (unpaired) electrons. The number of allylic oxidation sites excluding steroid dienone is 1. The van der Waals surface area contributed by atoms with Crippen LogP contribution in [-0.4, -0.2) is 11.2 Å². The van der Waals surface area contributed by atoms with Crippen LogP contribution in [0.15, 0.2) is 11.6 Å². The monoisotopic (exact) mass is 444 g/mol. The van der Waals surface area contributed by atoms with Crippen LogP contribution in [0.3, 0.4) is 0 Å². The fourth-order valence-corrected chi connectivity index (χ4v) is 9.20. The van der Waals surface area contributed by atoms with E-state index >= 15 is 0 Å². The van der Waals surface area contributed by atoms with E-state index in [2.05, 4.69) is 47.6 Å². The quantitative estimate of drug-likeness (QED) is 0.405. The van der Waals surface area contributed by atoms with Gasteiger partial charge in [0.2, 0.25) is 0 Å². The number of aliphatic hydroxyl groups excluding tert-OH is 1. The Morgan fingerprint density at radius 1 is 1.00 bits per heavy atom. The van der Waals surface area contributed by atoms with Crippen molar-refractivity contribution in [3.63, 3.8) is 0 Å². The molecule has 0 amide bonds. The van der Waals surface area contributed by atoms with Gasteiger partial charge in [-0.1, -0.05) is 86.3 Å². The highest BCUT2D eigenvalue weighted by Gasteiger charge is 2.63. The molecule has 3 fully saturated rings. The van der Waals surface area contributed by atoms with E-state index in [9.17, 15) is 5.11 Å². The lowest BCUT2D eigenvalue weighted by molar-refractivity contribution is -0.115. The second-order valence-corrected chi connectivity index (χ2v) is 12.9. The van der Waals surface area contributed by atoms with E-state index in [4.69, 9.17) is 0 Å². The molecule has 0 aliphatic heterocycles. The van der Waals surface area contributed by atoms with Gasteiger partial charge >= 0.3 is 0 Å². The van der Waals surface area contributed by atoms with Gasteiger partial charge in [-0.25, -0.2) is 0 Å². The second kappa shape index (κ2) is 10.1. The van der Waals surface area contributed by atoms with Crippen LogP contribution in [0.25, 0.3) is 0 Å². The van der Waals surface area contributed by atoms with Gasteiger partial charge in [0, 0.05) is 0 Å². The average Bonchev–Trinajstić information content (AvgIpc) is 3.10. The van der Waals surface area contributed by atoms with Crippen molar-refractivity contribution in [1.82, 2.24) is 0 Å². The Morgan fingerprint density at radius 3 is 2.38 bits per heavy atom. The van der Waals surface area contributed by atoms with E-state index < -0.39 is 0 Å². The normalized spacial score (nSPS) is 44.0. The van der Waals surface area contributed by atoms with Crippen molar-refractivity contribution in [2.24, 2.45) is 45.8 Å². The second-order valence-electron chi connectivity index (χ2n) is 12.9. The molecule has 0 aromatic rings. The lowest BCUT2D eigenvalue weighted by Crippen LogP contribution is -2.56. The molecular weight excluding hydrogens is 388 g/mol. The van der Waals surface area contributed by atoms with Gasteiger partial charge in [0.25, 0.3) is 0 Å². The molecule has 0 aromatic carbocycles. The molecule has 186 valence electrons. The Hall–Kier alpha value is -0.300. The third-order valence-corrected chi connectivity index (χ3v) is 11.7. The number of fused-ring (bicyclic) bond motifs is 5. The van der Waals surface area contributed by atoms with E-state index in [1.54, 1.807) is 5.57 Å². The van der Waals surface area contributed by atoms with E-state index in [1.807, 2.05) is 13.8 Å². The molecule has 1 nitrogen and oxygen atoms in total. The van der Waals surface area contributed by atoms with Crippen molar-refractivity contribution in [2.45, 2.75) is 139 Å². The van der Waals surface area contributed by atoms with E-state index in [0.717, 1.165) is 42.4 Å². The molecular formula is C31H56O. The molecule has 4 aliphatic carbocycles. The zero-order valence-electron chi connectivity index (χ0n) is 23.0. The largest absolute Gasteiger partial charge is 0.393 e. The molecule has 0 spiro atoms. The van der Waals surface area contributed by atoms with Crippen molar-refractivity contribution in [3.8, 4) is 0 Å². The maximum Gasteiger partial charge on any atom is 0.0577 e. The highest BCUT2D eigenvalue weighted by molar-refractivity contribution is 5.28. The van der Waals surface area contributed by atoms with Crippen molar-refractivity contribution >= 4 is 0 Å². The number of rotatable bonds is 6. The summed E-state index contributed by atoms with van der Waals surface area (Å²) < 4.78 is 0. The summed E-state index contributed by atoms with van der Waals surface area (Å²) in [6, 6.07) is 0. The van der Waals surface area contributed by atoms with Crippen LogP contribution in [0, 0.1) is 45.8 Å². The maximum atomic E-state index is 10.3. The first-order chi connectivity index (χ1) is 15.2. The van der Waals surface area contributed by atoms with E-state index in [-0.39, 0.29) is 6.10 Å². The first kappa shape index (κ1) is 26.3. The minimum Gasteiger partial charge on any atom is -0.393 e. The fraction of sp³-hybridized carbons (Fsp3) is 0.935. The van der Waals surface area contributed by atoms with Gasteiger partial charge in [-0.3, -0.25) is 0 Å². The molecule has 0 saturated heterocycles. The minimum atomic E-state index is -0.0908. The Morgan fingerprint density at radius 2 is 1.72 bits per heavy atom. The van der Waals surface area contributed by atoms with Crippen molar-refractivity contribution in [2.75, 3.05) is 0 Å². The Kier molecular flexibility index (Phi) is 8.33. The van der Waals surface area contributed by atoms with Crippen LogP contribution in [0.4, 0.5) is 0 Å². The van der Waals surface area contributed by atoms with Crippen LogP contribution in [-0.2, 0) is 0 Å². The van der Waals surface area contributed by atoms with Gasteiger partial charge in [0.15, 0.2) is 0 Å². The Balaban J connectivity index is 0.00000141. The van der Waals surface area contributed by atoms with Crippen LogP contribution in [0.5, 0.6) is 0 Å². The molecule has 3 saturated carbocycles. The van der Waals surface area contributed by atoms with Gasteiger partial charge in [-0.2, -0.15) is 0 Å². The zero-order valence-corrected chi connectivity index (χ0v) is 23.0. The van der Waals surface area contributed by atoms with Gasteiger partial charge < -0.3 is 5.11 Å². The average molecular weight is 445 g/mol. The maximum absolute atomic E-state index is 10.3. The van der Waals surface area contributed by atoms with E-state index in [1.165, 1.54) is 64.2 Å². The highest BCUT2D eigenvalue weighted by atomic mass is 16.3. The summed E-state index contributed by atoms with van der Waals surface area (Å²) in [4.78, 5) is 0. The van der Waals surface area contributed by atoms with E-state index in [0.29, 0.717) is 16.2 Å². The molecule has 0 aromatic heterocycles. The molecule has 1 N–H and O–H groups in total. The number of hydrogen-bond acceptors (Lipinski definition) is 1. The molecule has 0 bridgehead atoms. The van der Waals surface area contributed by atoms with Crippen molar-refractivity contribution in [3.05, 3.63) is 11.6 Å². The number of hydrogen-bond donors (Lipinski definition) is 1. The van der Waals surface area contributed by atoms with Gasteiger partial charge in [0.05, 0.1) is 6.10 Å². The van der Waals surface area contributed by atoms with Gasteiger partial charge in [-0.15, -0.1) is 0 Å². The first-order valence-electron chi connectivity index (χ1n) is 14.5. The first-order valence-corrected chi connectivity index (χ1v) is 14.5. The lowest BCUT2D eigenvalue weighted by Gasteiger charge is -2.64. The minimum absolute atomic E-state index is 0.0908. The number of aliphatic hydroxyl groups is 1. The summed E-state index contributed by atoms with van der Waals surface area (Å²) >= 11 is 0. The summed E-state index contributed by atoms with van der Waals surface area (Å²) in [6.45, 7) is 19.1. The highest BCUT2D eigenvalue weighted by Crippen LogP contribution is 2.71. The van der Waals surface area contributed by atoms with Gasteiger partial charge in [0.1, 0.15) is 0 Å². The SMILES string of the molecule is CC.CCC(CCCC1CCC2C3CC=C4CC(O)CCC4(C)C3(C)CCC12C)C(C)C. The molecule has 8 atom stereocenters. The third-order valence-electron chi connectivity index (χ3n) is 11.7. The summed E-state index contributed by atoms with van der Waals surface area (Å²) in [5.41, 5.74) is 2.97. The molecule has 32 heavy (non-hydrogen) atoms. The topological polar surface area (TPSA) is 20.2 Å². The summed E-state index contributed by atoms with van der Waals surface area (Å²) in [7, 11) is 0. The van der Waals surface area contributed by atoms with Crippen molar-refractivity contribution < 1.29 is 5.11 Å². The fourth-order valence-electron chi connectivity index (χ4n) is 9.20. The summed E-state index contributed by atoms with van der Waals surface area (Å²) in [5, 5.41) is 10.3. The predicted octanol–water partition coefficient (Wildman–Crippen LogP) is 9.20. The lowest BCUT2D eigenvalue weighted by atomic mass is 9.40. The standard InChI is InChI=1S/C29H50O.C2H6/c1-7-21(20(2)3)9-8-10-22-11-13-25-26-14-12-23-19-24(30)15-16-28(23,5)29(26,6)18-17-27(22,25)4;1-2/h12,20-22,24-26,30H,7-11,13-19H2,1-6H3;1-2H3. The van der Waals surface area contributed by atoms with Crippen LogP contribution in [0.2, 0.25) is 0 Å². The zero-order chi connectivity index (χ0) is 23.7. The molecule has 0 heterocycles. The summed E-state index contributed by atoms with van der Waals surface area (Å²) in [5.74, 6) is 4.52. The smallest absolute Gasteiger partial charge is 0.0577 e. The molecule has 1 heteroatoms. The van der Waals surface area contributed by atoms with Crippen LogP contribution in [0.1, 0.15) is 132 Å². The van der Waals surface area contributed by atoms with Crippen molar-refractivity contribution in [1.29, 1.82) is 0 Å². The molecule has 8 unspecified atom stereocenters. The Labute approximate surface area is 201 Å². The third kappa shape index (κ3) is 4.27. The predicted molar refractivity (Wildman–Crippen MR) is 140 cm³/mol. The van der Waals surface area contributed by atoms with Crippen LogP contribution < -0.4 is 0 Å². The van der Waals surface area contributed by atoms with Crippen LogP contribution >= 0.6 is 0 Å². The Bertz CT molecular complexity index is 649. The molecule has 4 aliphatic rings. The molecule has 4 rings (SSSR count). The summed E-state index contributed by atoms with van der Waals surface area (Å²) in [6.07, 6.45) is 18.5.